The lowest BCUT2D eigenvalue weighted by Gasteiger charge is -2.08. The Morgan fingerprint density at radius 2 is 1.78 bits per heavy atom. The molecule has 0 atom stereocenters. The number of pyridine rings is 2. The van der Waals surface area contributed by atoms with E-state index >= 15 is 0 Å². The van der Waals surface area contributed by atoms with E-state index in [9.17, 15) is 4.79 Å². The van der Waals surface area contributed by atoms with Crippen LogP contribution in [-0.2, 0) is 6.54 Å². The summed E-state index contributed by atoms with van der Waals surface area (Å²) in [5.74, 6) is 0.250. The van der Waals surface area contributed by atoms with Crippen molar-refractivity contribution in [3.63, 3.8) is 0 Å². The van der Waals surface area contributed by atoms with Crippen LogP contribution in [0.2, 0.25) is 0 Å². The van der Waals surface area contributed by atoms with E-state index in [2.05, 4.69) is 20.4 Å². The van der Waals surface area contributed by atoms with E-state index < -0.39 is 0 Å². The van der Waals surface area contributed by atoms with Gasteiger partial charge in [-0.3, -0.25) is 14.8 Å². The molecular formula is C21H16N4O2. The van der Waals surface area contributed by atoms with Gasteiger partial charge in [0.2, 0.25) is 0 Å². The fourth-order valence-corrected chi connectivity index (χ4v) is 2.73. The second kappa shape index (κ2) is 7.61. The second-order valence-corrected chi connectivity index (χ2v) is 5.88. The predicted octanol–water partition coefficient (Wildman–Crippen LogP) is 3.73. The largest absolute Gasteiger partial charge is 0.355 e. The number of nitrogens with zero attached hydrogens (tertiary/aromatic N) is 3. The molecule has 0 spiro atoms. The number of nitrogens with one attached hydrogen (secondary N) is 1. The van der Waals surface area contributed by atoms with Crippen molar-refractivity contribution in [2.45, 2.75) is 6.54 Å². The molecule has 6 heteroatoms. The summed E-state index contributed by atoms with van der Waals surface area (Å²) in [7, 11) is 0. The van der Waals surface area contributed by atoms with Gasteiger partial charge in [0.25, 0.3) is 5.91 Å². The van der Waals surface area contributed by atoms with Crippen LogP contribution in [0.15, 0.2) is 83.8 Å². The van der Waals surface area contributed by atoms with E-state index in [1.54, 1.807) is 24.7 Å². The lowest BCUT2D eigenvalue weighted by atomic mass is 10.1. The Kier molecular flexibility index (Phi) is 4.70. The maximum Gasteiger partial charge on any atom is 0.273 e. The zero-order valence-corrected chi connectivity index (χ0v) is 14.4. The summed E-state index contributed by atoms with van der Waals surface area (Å²) < 4.78 is 5.29. The van der Waals surface area contributed by atoms with Gasteiger partial charge in [-0.15, -0.1) is 0 Å². The number of rotatable bonds is 5. The molecule has 1 aromatic carbocycles. The molecule has 0 fully saturated rings. The van der Waals surface area contributed by atoms with Gasteiger partial charge >= 0.3 is 0 Å². The van der Waals surface area contributed by atoms with Crippen molar-refractivity contribution < 1.29 is 9.32 Å². The quantitative estimate of drug-likeness (QED) is 0.589. The van der Waals surface area contributed by atoms with Crippen LogP contribution in [0.3, 0.4) is 0 Å². The first-order chi connectivity index (χ1) is 13.3. The van der Waals surface area contributed by atoms with Crippen molar-refractivity contribution in [1.82, 2.24) is 20.4 Å². The Hall–Kier alpha value is -3.80. The molecule has 0 saturated carbocycles. The lowest BCUT2D eigenvalue weighted by Crippen LogP contribution is -2.23. The van der Waals surface area contributed by atoms with Crippen molar-refractivity contribution in [2.75, 3.05) is 0 Å². The number of benzene rings is 1. The van der Waals surface area contributed by atoms with Crippen LogP contribution in [0, 0.1) is 0 Å². The minimum atomic E-state index is -0.304. The van der Waals surface area contributed by atoms with Crippen LogP contribution in [0.1, 0.15) is 16.1 Å². The van der Waals surface area contributed by atoms with Crippen molar-refractivity contribution in [3.05, 3.63) is 90.5 Å². The molecule has 0 radical (unpaired) electrons. The number of carbonyl (C=O) groups excluding carboxylic acids is 1. The summed E-state index contributed by atoms with van der Waals surface area (Å²) >= 11 is 0. The molecule has 1 N–H and O–H groups in total. The lowest BCUT2D eigenvalue weighted by molar-refractivity contribution is 0.0942. The molecule has 0 aliphatic heterocycles. The van der Waals surface area contributed by atoms with Gasteiger partial charge in [0.1, 0.15) is 0 Å². The van der Waals surface area contributed by atoms with E-state index in [0.29, 0.717) is 12.3 Å². The van der Waals surface area contributed by atoms with Gasteiger partial charge in [0.05, 0.1) is 5.69 Å². The molecule has 0 bridgehead atoms. The average Bonchev–Trinajstić information content (AvgIpc) is 3.24. The number of hydrogen-bond donors (Lipinski definition) is 1. The van der Waals surface area contributed by atoms with Gasteiger partial charge in [0.15, 0.2) is 11.5 Å². The Bertz CT molecular complexity index is 1050. The molecule has 4 rings (SSSR count). The number of aromatic nitrogens is 3. The van der Waals surface area contributed by atoms with Crippen LogP contribution in [-0.4, -0.2) is 21.0 Å². The summed E-state index contributed by atoms with van der Waals surface area (Å²) in [5, 5.41) is 6.74. The Morgan fingerprint density at radius 1 is 0.963 bits per heavy atom. The highest BCUT2D eigenvalue weighted by molar-refractivity contribution is 5.93. The molecule has 1 amide bonds. The van der Waals surface area contributed by atoms with E-state index in [1.807, 2.05) is 54.6 Å². The molecule has 27 heavy (non-hydrogen) atoms. The fourth-order valence-electron chi connectivity index (χ4n) is 2.73. The van der Waals surface area contributed by atoms with Gasteiger partial charge in [0, 0.05) is 42.3 Å². The van der Waals surface area contributed by atoms with Crippen molar-refractivity contribution in [1.29, 1.82) is 0 Å². The van der Waals surface area contributed by atoms with Gasteiger partial charge < -0.3 is 9.84 Å². The van der Waals surface area contributed by atoms with E-state index in [0.717, 1.165) is 22.4 Å². The molecule has 0 aliphatic rings. The van der Waals surface area contributed by atoms with Gasteiger partial charge in [-0.2, -0.15) is 0 Å². The molecule has 6 nitrogen and oxygen atoms in total. The highest BCUT2D eigenvalue weighted by atomic mass is 16.5. The van der Waals surface area contributed by atoms with E-state index in [-0.39, 0.29) is 11.6 Å². The molecular weight excluding hydrogens is 340 g/mol. The first-order valence-corrected chi connectivity index (χ1v) is 8.46. The SMILES string of the molecule is O=C(NCc1cccnc1-c1cccnc1)c1cc(-c2ccccc2)on1. The number of amides is 1. The third-order valence-corrected chi connectivity index (χ3v) is 4.07. The smallest absolute Gasteiger partial charge is 0.273 e. The monoisotopic (exact) mass is 356 g/mol. The van der Waals surface area contributed by atoms with Crippen LogP contribution >= 0.6 is 0 Å². The molecule has 132 valence electrons. The third kappa shape index (κ3) is 3.74. The summed E-state index contributed by atoms with van der Waals surface area (Å²) in [5.41, 5.74) is 3.69. The number of carbonyl (C=O) groups is 1. The van der Waals surface area contributed by atoms with Crippen LogP contribution < -0.4 is 5.32 Å². The van der Waals surface area contributed by atoms with Crippen LogP contribution in [0.25, 0.3) is 22.6 Å². The fraction of sp³-hybridized carbons (Fsp3) is 0.0476. The number of hydrogen-bond acceptors (Lipinski definition) is 5. The average molecular weight is 356 g/mol. The molecule has 3 heterocycles. The highest BCUT2D eigenvalue weighted by Gasteiger charge is 2.14. The zero-order chi connectivity index (χ0) is 18.5. The highest BCUT2D eigenvalue weighted by Crippen LogP contribution is 2.21. The van der Waals surface area contributed by atoms with Crippen molar-refractivity contribution >= 4 is 5.91 Å². The van der Waals surface area contributed by atoms with E-state index in [1.165, 1.54) is 0 Å². The van der Waals surface area contributed by atoms with Crippen molar-refractivity contribution in [2.24, 2.45) is 0 Å². The van der Waals surface area contributed by atoms with Gasteiger partial charge in [-0.1, -0.05) is 41.6 Å². The Balaban J connectivity index is 1.49. The maximum atomic E-state index is 12.4. The molecule has 0 unspecified atom stereocenters. The first-order valence-electron chi connectivity index (χ1n) is 8.46. The predicted molar refractivity (Wildman–Crippen MR) is 101 cm³/mol. The Morgan fingerprint density at radius 3 is 2.59 bits per heavy atom. The van der Waals surface area contributed by atoms with Crippen LogP contribution in [0.5, 0.6) is 0 Å². The van der Waals surface area contributed by atoms with Gasteiger partial charge in [-0.05, 0) is 23.8 Å². The van der Waals surface area contributed by atoms with Crippen LogP contribution in [0.4, 0.5) is 0 Å². The molecule has 0 aliphatic carbocycles. The molecule has 4 aromatic rings. The molecule has 3 aromatic heterocycles. The topological polar surface area (TPSA) is 80.9 Å². The summed E-state index contributed by atoms with van der Waals surface area (Å²) in [6.07, 6.45) is 5.18. The zero-order valence-electron chi connectivity index (χ0n) is 14.4. The summed E-state index contributed by atoms with van der Waals surface area (Å²) in [6, 6.07) is 18.7. The third-order valence-electron chi connectivity index (χ3n) is 4.07. The summed E-state index contributed by atoms with van der Waals surface area (Å²) in [4.78, 5) is 21.0. The normalized spacial score (nSPS) is 10.5. The maximum absolute atomic E-state index is 12.4. The summed E-state index contributed by atoms with van der Waals surface area (Å²) in [6.45, 7) is 0.324. The minimum absolute atomic E-state index is 0.237. The molecule has 0 saturated heterocycles. The first kappa shape index (κ1) is 16.7. The Labute approximate surface area is 155 Å². The van der Waals surface area contributed by atoms with Crippen molar-refractivity contribution in [3.8, 4) is 22.6 Å². The standard InChI is InChI=1S/C21H16N4O2/c26-21(18-12-19(27-25-18)15-6-2-1-3-7-15)24-14-17-9-5-11-23-20(17)16-8-4-10-22-13-16/h1-13H,14H2,(H,24,26). The van der Waals surface area contributed by atoms with Gasteiger partial charge in [-0.25, -0.2) is 0 Å². The second-order valence-electron chi connectivity index (χ2n) is 5.88. The van der Waals surface area contributed by atoms with E-state index in [4.69, 9.17) is 4.52 Å². The minimum Gasteiger partial charge on any atom is -0.355 e.